The van der Waals surface area contributed by atoms with Gasteiger partial charge in [0.1, 0.15) is 6.54 Å². The zero-order valence-electron chi connectivity index (χ0n) is 6.18. The Morgan fingerprint density at radius 3 is 2.33 bits per heavy atom. The van der Waals surface area contributed by atoms with Crippen molar-refractivity contribution in [2.75, 3.05) is 6.54 Å². The summed E-state index contributed by atoms with van der Waals surface area (Å²) in [5, 5.41) is 2.01. The Balaban J connectivity index is 3.76. The molecule has 0 saturated carbocycles. The SMILES string of the molecule is CC(=O)NCC(=O)OP(=O)(O)O. The molecule has 0 atom stereocenters. The zero-order valence-corrected chi connectivity index (χ0v) is 7.08. The average Bonchev–Trinajstić information content (AvgIpc) is 1.79. The van der Waals surface area contributed by atoms with E-state index in [9.17, 15) is 14.2 Å². The van der Waals surface area contributed by atoms with Crippen LogP contribution in [0.3, 0.4) is 0 Å². The molecule has 70 valence electrons. The Kier molecular flexibility index (Phi) is 3.88. The minimum absolute atomic E-state index is 0.488. The quantitative estimate of drug-likeness (QED) is 0.487. The van der Waals surface area contributed by atoms with E-state index in [4.69, 9.17) is 9.79 Å². The van der Waals surface area contributed by atoms with E-state index >= 15 is 0 Å². The van der Waals surface area contributed by atoms with Crippen molar-refractivity contribution in [1.29, 1.82) is 0 Å². The minimum Gasteiger partial charge on any atom is -0.369 e. The Labute approximate surface area is 68.0 Å². The van der Waals surface area contributed by atoms with E-state index in [1.54, 1.807) is 0 Å². The van der Waals surface area contributed by atoms with E-state index in [1.165, 1.54) is 0 Å². The van der Waals surface area contributed by atoms with Crippen LogP contribution in [0, 0.1) is 0 Å². The zero-order chi connectivity index (χ0) is 9.78. The molecule has 0 aromatic heterocycles. The molecule has 0 spiro atoms. The van der Waals surface area contributed by atoms with Crippen molar-refractivity contribution in [1.82, 2.24) is 5.32 Å². The minimum atomic E-state index is -4.78. The van der Waals surface area contributed by atoms with Crippen molar-refractivity contribution in [2.45, 2.75) is 6.92 Å². The summed E-state index contributed by atoms with van der Waals surface area (Å²) in [5.41, 5.74) is 0. The van der Waals surface area contributed by atoms with E-state index in [-0.39, 0.29) is 0 Å². The van der Waals surface area contributed by atoms with Crippen LogP contribution in [0.2, 0.25) is 0 Å². The fourth-order valence-corrected chi connectivity index (χ4v) is 0.691. The molecule has 0 aliphatic heterocycles. The van der Waals surface area contributed by atoms with Gasteiger partial charge in [0, 0.05) is 6.92 Å². The summed E-state index contributed by atoms with van der Waals surface area (Å²) in [7, 11) is -4.78. The fraction of sp³-hybridized carbons (Fsp3) is 0.500. The maximum absolute atomic E-state index is 10.4. The second-order valence-electron chi connectivity index (χ2n) is 1.86. The number of nitrogens with one attached hydrogen (secondary N) is 1. The molecule has 8 heteroatoms. The smallest absolute Gasteiger partial charge is 0.369 e. The van der Waals surface area contributed by atoms with Gasteiger partial charge in [-0.2, -0.15) is 0 Å². The fourth-order valence-electron chi connectivity index (χ4n) is 0.362. The molecule has 0 bridgehead atoms. The van der Waals surface area contributed by atoms with Crippen LogP contribution in [0.15, 0.2) is 0 Å². The highest BCUT2D eigenvalue weighted by Gasteiger charge is 2.19. The maximum Gasteiger partial charge on any atom is 0.527 e. The Hall–Kier alpha value is -0.910. The summed E-state index contributed by atoms with van der Waals surface area (Å²) in [4.78, 5) is 36.9. The maximum atomic E-state index is 10.4. The second kappa shape index (κ2) is 4.20. The van der Waals surface area contributed by atoms with Gasteiger partial charge in [-0.05, 0) is 0 Å². The van der Waals surface area contributed by atoms with Gasteiger partial charge in [0.05, 0.1) is 0 Å². The molecule has 0 rings (SSSR count). The second-order valence-corrected chi connectivity index (χ2v) is 3.03. The Bertz CT molecular complexity index is 232. The third kappa shape index (κ3) is 7.20. The van der Waals surface area contributed by atoms with Gasteiger partial charge in [-0.25, -0.2) is 9.36 Å². The highest BCUT2D eigenvalue weighted by Crippen LogP contribution is 2.35. The summed E-state index contributed by atoms with van der Waals surface area (Å²) >= 11 is 0. The van der Waals surface area contributed by atoms with Crippen molar-refractivity contribution in [3.8, 4) is 0 Å². The first-order chi connectivity index (χ1) is 5.31. The molecular formula is C4H8NO6P. The number of hydrogen-bond acceptors (Lipinski definition) is 4. The molecule has 7 nitrogen and oxygen atoms in total. The van der Waals surface area contributed by atoms with Gasteiger partial charge in [0.25, 0.3) is 0 Å². The molecule has 0 fully saturated rings. The van der Waals surface area contributed by atoms with Gasteiger partial charge in [0.2, 0.25) is 5.91 Å². The molecule has 0 unspecified atom stereocenters. The number of amides is 1. The molecular weight excluding hydrogens is 189 g/mol. The van der Waals surface area contributed by atoms with Crippen LogP contribution in [0.1, 0.15) is 6.92 Å². The van der Waals surface area contributed by atoms with E-state index < -0.39 is 26.2 Å². The van der Waals surface area contributed by atoms with Crippen LogP contribution < -0.4 is 5.32 Å². The van der Waals surface area contributed by atoms with Crippen molar-refractivity contribution in [3.05, 3.63) is 0 Å². The normalized spacial score (nSPS) is 10.6. The third-order valence-corrected chi connectivity index (χ3v) is 1.14. The van der Waals surface area contributed by atoms with Crippen LogP contribution in [0.5, 0.6) is 0 Å². The number of rotatable bonds is 3. The van der Waals surface area contributed by atoms with E-state index in [0.29, 0.717) is 0 Å². The van der Waals surface area contributed by atoms with Gasteiger partial charge in [0.15, 0.2) is 0 Å². The van der Waals surface area contributed by atoms with Crippen LogP contribution in [0.4, 0.5) is 0 Å². The summed E-state index contributed by atoms with van der Waals surface area (Å²) in [6.45, 7) is 0.602. The topological polar surface area (TPSA) is 113 Å². The highest BCUT2D eigenvalue weighted by molar-refractivity contribution is 7.46. The molecule has 0 aromatic rings. The standard InChI is InChI=1S/C4H8NO6P/c1-3(6)5-2-4(7)11-12(8,9)10/h2H2,1H3,(H,5,6)(H2,8,9,10). The summed E-state index contributed by atoms with van der Waals surface area (Å²) in [6, 6.07) is 0. The predicted molar refractivity (Wildman–Crippen MR) is 36.8 cm³/mol. The van der Waals surface area contributed by atoms with Crippen LogP contribution in [0.25, 0.3) is 0 Å². The molecule has 1 amide bonds. The van der Waals surface area contributed by atoms with Crippen molar-refractivity contribution in [2.24, 2.45) is 0 Å². The van der Waals surface area contributed by atoms with Gasteiger partial charge < -0.3 is 9.84 Å². The summed E-state index contributed by atoms with van der Waals surface area (Å²) in [6.07, 6.45) is 0. The number of carbonyl (C=O) groups is 2. The first-order valence-electron chi connectivity index (χ1n) is 2.83. The molecule has 0 aliphatic rings. The first kappa shape index (κ1) is 11.1. The number of phosphoric acid groups is 1. The van der Waals surface area contributed by atoms with Crippen LogP contribution >= 0.6 is 7.82 Å². The van der Waals surface area contributed by atoms with E-state index in [0.717, 1.165) is 6.92 Å². The van der Waals surface area contributed by atoms with Crippen molar-refractivity contribution in [3.63, 3.8) is 0 Å². The molecule has 0 heterocycles. The van der Waals surface area contributed by atoms with Crippen LogP contribution in [-0.2, 0) is 18.7 Å². The van der Waals surface area contributed by atoms with Gasteiger partial charge in [-0.1, -0.05) is 0 Å². The van der Waals surface area contributed by atoms with Gasteiger partial charge in [-0.3, -0.25) is 14.6 Å². The third-order valence-electron chi connectivity index (χ3n) is 0.702. The lowest BCUT2D eigenvalue weighted by molar-refractivity contribution is -0.136. The molecule has 12 heavy (non-hydrogen) atoms. The van der Waals surface area contributed by atoms with E-state index in [1.807, 2.05) is 5.32 Å². The molecule has 0 aliphatic carbocycles. The lowest BCUT2D eigenvalue weighted by Gasteiger charge is -2.04. The van der Waals surface area contributed by atoms with Gasteiger partial charge >= 0.3 is 13.8 Å². The summed E-state index contributed by atoms with van der Waals surface area (Å²) < 4.78 is 13.6. The summed E-state index contributed by atoms with van der Waals surface area (Å²) in [5.74, 6) is -1.67. The van der Waals surface area contributed by atoms with E-state index in [2.05, 4.69) is 4.52 Å². The number of phosphoric ester groups is 1. The predicted octanol–water partition coefficient (Wildman–Crippen LogP) is -1.24. The molecule has 0 saturated heterocycles. The lowest BCUT2D eigenvalue weighted by atomic mass is 10.6. The lowest BCUT2D eigenvalue weighted by Crippen LogP contribution is -2.27. The highest BCUT2D eigenvalue weighted by atomic mass is 31.2. The number of carbonyl (C=O) groups excluding carboxylic acids is 2. The van der Waals surface area contributed by atoms with Gasteiger partial charge in [-0.15, -0.1) is 0 Å². The Morgan fingerprint density at radius 2 is 2.00 bits per heavy atom. The number of hydrogen-bond donors (Lipinski definition) is 3. The average molecular weight is 197 g/mol. The van der Waals surface area contributed by atoms with Crippen molar-refractivity contribution >= 4 is 19.7 Å². The van der Waals surface area contributed by atoms with Crippen molar-refractivity contribution < 1.29 is 28.5 Å². The molecule has 0 radical (unpaired) electrons. The monoisotopic (exact) mass is 197 g/mol. The largest absolute Gasteiger partial charge is 0.527 e. The first-order valence-corrected chi connectivity index (χ1v) is 4.36. The Morgan fingerprint density at radius 1 is 1.50 bits per heavy atom. The molecule has 3 N–H and O–H groups in total. The molecule has 0 aromatic carbocycles. The van der Waals surface area contributed by atoms with Crippen LogP contribution in [-0.4, -0.2) is 28.2 Å².